The van der Waals surface area contributed by atoms with Gasteiger partial charge in [0.15, 0.2) is 0 Å². The Kier molecular flexibility index (Phi) is 3.61. The lowest BCUT2D eigenvalue weighted by molar-refractivity contribution is 0.107. The second-order valence-corrected chi connectivity index (χ2v) is 7.30. The van der Waals surface area contributed by atoms with Gasteiger partial charge >= 0.3 is 6.03 Å². The molecule has 4 saturated carbocycles. The van der Waals surface area contributed by atoms with E-state index < -0.39 is 0 Å². The highest BCUT2D eigenvalue weighted by Gasteiger charge is 2.46. The molecule has 5 heteroatoms. The van der Waals surface area contributed by atoms with Crippen molar-refractivity contribution in [2.24, 2.45) is 28.8 Å². The minimum Gasteiger partial charge on any atom is -0.376 e. The minimum absolute atomic E-state index is 0.185. The molecular weight excluding hydrogens is 266 g/mol. The van der Waals surface area contributed by atoms with Crippen molar-refractivity contribution in [2.45, 2.75) is 51.0 Å². The van der Waals surface area contributed by atoms with Crippen molar-refractivity contribution in [3.05, 3.63) is 0 Å². The number of urea groups is 1. The van der Waals surface area contributed by atoms with Gasteiger partial charge < -0.3 is 10.1 Å². The van der Waals surface area contributed by atoms with E-state index >= 15 is 0 Å². The third kappa shape index (κ3) is 2.80. The van der Waals surface area contributed by atoms with E-state index in [4.69, 9.17) is 4.74 Å². The number of hydrogen-bond donors (Lipinski definition) is 2. The van der Waals surface area contributed by atoms with E-state index in [1.165, 1.54) is 37.8 Å². The Bertz CT molecular complexity index is 413. The Morgan fingerprint density at radius 3 is 2.48 bits per heavy atom. The fraction of sp³-hybridized carbons (Fsp3) is 0.875. The molecular formula is C16H25N3O2. The van der Waals surface area contributed by atoms with Crippen LogP contribution in [0.4, 0.5) is 4.79 Å². The summed E-state index contributed by atoms with van der Waals surface area (Å²) in [4.78, 5) is 11.9. The van der Waals surface area contributed by atoms with Crippen LogP contribution in [0.1, 0.15) is 44.9 Å². The van der Waals surface area contributed by atoms with Crippen molar-refractivity contribution in [3.63, 3.8) is 0 Å². The number of rotatable bonds is 3. The van der Waals surface area contributed by atoms with Crippen molar-refractivity contribution in [3.8, 4) is 0 Å². The Labute approximate surface area is 125 Å². The fourth-order valence-corrected chi connectivity index (χ4v) is 5.02. The maximum atomic E-state index is 11.9. The molecule has 0 radical (unpaired) electrons. The largest absolute Gasteiger partial charge is 0.376 e. The first-order valence-electron chi connectivity index (χ1n) is 8.51. The highest BCUT2D eigenvalue weighted by molar-refractivity contribution is 5.91. The van der Waals surface area contributed by atoms with Gasteiger partial charge in [0, 0.05) is 18.9 Å². The predicted octanol–water partition coefficient (Wildman–Crippen LogP) is 2.28. The zero-order valence-corrected chi connectivity index (χ0v) is 12.5. The molecule has 0 aromatic heterocycles. The van der Waals surface area contributed by atoms with Gasteiger partial charge in [-0.05, 0) is 68.6 Å². The molecule has 116 valence electrons. The number of carbonyl (C=O) groups excluding carboxylic acids is 1. The lowest BCUT2D eigenvalue weighted by Crippen LogP contribution is -2.47. The molecule has 5 aliphatic rings. The summed E-state index contributed by atoms with van der Waals surface area (Å²) in [6.07, 6.45) is 8.95. The molecule has 4 bridgehead atoms. The summed E-state index contributed by atoms with van der Waals surface area (Å²) >= 11 is 0. The van der Waals surface area contributed by atoms with Gasteiger partial charge in [-0.15, -0.1) is 0 Å². The fourth-order valence-electron chi connectivity index (χ4n) is 5.02. The summed E-state index contributed by atoms with van der Waals surface area (Å²) in [5.41, 5.74) is 3.99. The van der Waals surface area contributed by atoms with Gasteiger partial charge in [0.05, 0.1) is 6.10 Å². The lowest BCUT2D eigenvalue weighted by Gasteiger charge is -2.50. The van der Waals surface area contributed by atoms with Crippen molar-refractivity contribution < 1.29 is 9.53 Å². The Hall–Kier alpha value is -1.10. The molecule has 1 heterocycles. The van der Waals surface area contributed by atoms with Gasteiger partial charge in [0.1, 0.15) is 0 Å². The van der Waals surface area contributed by atoms with E-state index in [2.05, 4.69) is 15.8 Å². The van der Waals surface area contributed by atoms with Crippen LogP contribution in [-0.2, 0) is 4.74 Å². The van der Waals surface area contributed by atoms with Crippen LogP contribution in [0.25, 0.3) is 0 Å². The van der Waals surface area contributed by atoms with E-state index in [0.29, 0.717) is 18.4 Å². The van der Waals surface area contributed by atoms with E-state index in [9.17, 15) is 4.79 Å². The first-order valence-corrected chi connectivity index (χ1v) is 8.51. The average molecular weight is 291 g/mol. The Morgan fingerprint density at radius 1 is 1.14 bits per heavy atom. The molecule has 1 aliphatic heterocycles. The van der Waals surface area contributed by atoms with Gasteiger partial charge in [0.2, 0.25) is 0 Å². The zero-order chi connectivity index (χ0) is 14.2. The normalized spacial score (nSPS) is 40.4. The molecule has 0 aromatic rings. The molecule has 2 amide bonds. The molecule has 4 aliphatic carbocycles. The molecule has 0 unspecified atom stereocenters. The molecule has 21 heavy (non-hydrogen) atoms. The van der Waals surface area contributed by atoms with Crippen LogP contribution in [0.15, 0.2) is 5.10 Å². The zero-order valence-electron chi connectivity index (χ0n) is 12.5. The van der Waals surface area contributed by atoms with Gasteiger partial charge in [-0.3, -0.25) is 0 Å². The smallest absolute Gasteiger partial charge is 0.335 e. The summed E-state index contributed by atoms with van der Waals surface area (Å²) in [5.74, 6) is 3.14. The third-order valence-electron chi connectivity index (χ3n) is 5.78. The maximum Gasteiger partial charge on any atom is 0.335 e. The summed E-state index contributed by atoms with van der Waals surface area (Å²) in [6, 6.07) is -0.188. The molecule has 0 aromatic carbocycles. The molecule has 5 fully saturated rings. The van der Waals surface area contributed by atoms with Gasteiger partial charge in [0.25, 0.3) is 0 Å². The van der Waals surface area contributed by atoms with E-state index in [0.717, 1.165) is 31.3 Å². The second kappa shape index (κ2) is 5.59. The van der Waals surface area contributed by atoms with Gasteiger partial charge in [-0.25, -0.2) is 10.2 Å². The SMILES string of the molecule is O=C(NC[C@H]1CCCO1)NN=C1C2CC3CC(C2)CC1C3. The first kappa shape index (κ1) is 13.6. The predicted molar refractivity (Wildman–Crippen MR) is 80.0 cm³/mol. The number of carbonyl (C=O) groups is 1. The average Bonchev–Trinajstić information content (AvgIpc) is 2.97. The van der Waals surface area contributed by atoms with E-state index in [1.54, 1.807) is 0 Å². The van der Waals surface area contributed by atoms with Crippen molar-refractivity contribution in [1.82, 2.24) is 10.7 Å². The van der Waals surface area contributed by atoms with E-state index in [1.807, 2.05) is 0 Å². The summed E-state index contributed by atoms with van der Waals surface area (Å²) in [5, 5.41) is 7.35. The minimum atomic E-state index is -0.188. The molecule has 1 atom stereocenters. The van der Waals surface area contributed by atoms with Crippen LogP contribution in [0.2, 0.25) is 0 Å². The number of amides is 2. The van der Waals surface area contributed by atoms with Crippen LogP contribution in [0.3, 0.4) is 0 Å². The van der Waals surface area contributed by atoms with Gasteiger partial charge in [-0.2, -0.15) is 5.10 Å². The maximum absolute atomic E-state index is 11.9. The van der Waals surface area contributed by atoms with E-state index in [-0.39, 0.29) is 12.1 Å². The monoisotopic (exact) mass is 291 g/mol. The van der Waals surface area contributed by atoms with Crippen LogP contribution in [0, 0.1) is 23.7 Å². The van der Waals surface area contributed by atoms with Crippen molar-refractivity contribution >= 4 is 11.7 Å². The lowest BCUT2D eigenvalue weighted by atomic mass is 9.55. The standard InChI is InChI=1S/C16H25N3O2/c20-16(17-9-14-2-1-3-21-14)19-18-15-12-5-10-4-11(7-12)8-13(15)6-10/h10-14H,1-9H2,(H2,17,19,20)/t10?,11?,12?,13?,14-/m1/s1. The number of ether oxygens (including phenoxy) is 1. The van der Waals surface area contributed by atoms with Crippen LogP contribution < -0.4 is 10.7 Å². The number of hydrogen-bond acceptors (Lipinski definition) is 3. The highest BCUT2D eigenvalue weighted by atomic mass is 16.5. The summed E-state index contributed by atoms with van der Waals surface area (Å²) < 4.78 is 5.50. The number of nitrogens with zero attached hydrogens (tertiary/aromatic N) is 1. The third-order valence-corrected chi connectivity index (χ3v) is 5.78. The molecule has 5 nitrogen and oxygen atoms in total. The van der Waals surface area contributed by atoms with Crippen molar-refractivity contribution in [1.29, 1.82) is 0 Å². The van der Waals surface area contributed by atoms with Crippen LogP contribution >= 0.6 is 0 Å². The van der Waals surface area contributed by atoms with Crippen LogP contribution in [-0.4, -0.2) is 31.0 Å². The first-order chi connectivity index (χ1) is 10.3. The summed E-state index contributed by atoms with van der Waals surface area (Å²) in [6.45, 7) is 1.41. The number of hydrazone groups is 1. The van der Waals surface area contributed by atoms with Crippen LogP contribution in [0.5, 0.6) is 0 Å². The topological polar surface area (TPSA) is 62.7 Å². The molecule has 5 rings (SSSR count). The quantitative estimate of drug-likeness (QED) is 0.784. The number of nitrogens with one attached hydrogen (secondary N) is 2. The second-order valence-electron chi connectivity index (χ2n) is 7.30. The molecule has 1 saturated heterocycles. The molecule has 2 N–H and O–H groups in total. The highest BCUT2D eigenvalue weighted by Crippen LogP contribution is 2.52. The summed E-state index contributed by atoms with van der Waals surface area (Å²) in [7, 11) is 0. The Morgan fingerprint density at radius 2 is 1.86 bits per heavy atom. The van der Waals surface area contributed by atoms with Crippen molar-refractivity contribution in [2.75, 3.05) is 13.2 Å². The Balaban J connectivity index is 1.30. The molecule has 0 spiro atoms. The van der Waals surface area contributed by atoms with Gasteiger partial charge in [-0.1, -0.05) is 0 Å².